The Kier molecular flexibility index (Phi) is 6.15. The van der Waals surface area contributed by atoms with Crippen LogP contribution in [0.5, 0.6) is 5.75 Å². The number of amides is 2. The van der Waals surface area contributed by atoms with E-state index in [1.54, 1.807) is 42.2 Å². The zero-order valence-electron chi connectivity index (χ0n) is 13.0. The van der Waals surface area contributed by atoms with E-state index < -0.39 is 0 Å². The predicted octanol–water partition coefficient (Wildman–Crippen LogP) is 3.82. The fourth-order valence-electron chi connectivity index (χ4n) is 2.03. The molecule has 0 aliphatic carbocycles. The molecule has 0 unspecified atom stereocenters. The molecule has 0 radical (unpaired) electrons. The minimum Gasteiger partial charge on any atom is -0.496 e. The third-order valence-electron chi connectivity index (χ3n) is 3.24. The van der Waals surface area contributed by atoms with Crippen molar-refractivity contribution in [2.75, 3.05) is 20.4 Å². The summed E-state index contributed by atoms with van der Waals surface area (Å²) in [6.45, 7) is 1.10. The number of nitrogens with one attached hydrogen (secondary N) is 1. The summed E-state index contributed by atoms with van der Waals surface area (Å²) >= 11 is 3.27. The van der Waals surface area contributed by atoms with E-state index in [4.69, 9.17) is 4.74 Å². The molecule has 1 N–H and O–H groups in total. The second-order valence-corrected chi connectivity index (χ2v) is 6.46. The van der Waals surface area contributed by atoms with Crippen LogP contribution in [0, 0.1) is 0 Å². The van der Waals surface area contributed by atoms with Crippen LogP contribution in [0.4, 0.5) is 4.79 Å². The smallest absolute Gasteiger partial charge is 0.317 e. The zero-order valence-corrected chi connectivity index (χ0v) is 14.6. The van der Waals surface area contributed by atoms with E-state index in [1.807, 2.05) is 41.3 Å². The summed E-state index contributed by atoms with van der Waals surface area (Å²) in [4.78, 5) is 14.9. The molecule has 2 amide bonds. The molecule has 0 aliphatic heterocycles. The molecular formula is C16H20N2O2S2. The fraction of sp³-hybridized carbons (Fsp3) is 0.312. The maximum Gasteiger partial charge on any atom is 0.317 e. The molecule has 118 valence electrons. The number of ether oxygens (including phenoxy) is 1. The number of carbonyl (C=O) groups is 1. The molecule has 4 nitrogen and oxygen atoms in total. The van der Waals surface area contributed by atoms with Crippen LogP contribution in [0.1, 0.15) is 11.1 Å². The molecule has 0 aliphatic rings. The molecule has 6 heteroatoms. The number of urea groups is 1. The Balaban J connectivity index is 1.93. The molecule has 0 atom stereocenters. The van der Waals surface area contributed by atoms with Crippen molar-refractivity contribution in [3.05, 3.63) is 46.2 Å². The van der Waals surface area contributed by atoms with Crippen LogP contribution in [-0.4, -0.2) is 31.3 Å². The van der Waals surface area contributed by atoms with Gasteiger partial charge < -0.3 is 15.0 Å². The van der Waals surface area contributed by atoms with Crippen LogP contribution in [-0.2, 0) is 13.1 Å². The highest BCUT2D eigenvalue weighted by Crippen LogP contribution is 2.28. The first-order valence-electron chi connectivity index (χ1n) is 6.85. The van der Waals surface area contributed by atoms with Crippen molar-refractivity contribution < 1.29 is 9.53 Å². The Morgan fingerprint density at radius 2 is 2.18 bits per heavy atom. The average molecular weight is 336 g/mol. The molecular weight excluding hydrogens is 316 g/mol. The Morgan fingerprint density at radius 1 is 1.36 bits per heavy atom. The maximum absolute atomic E-state index is 12.1. The fourth-order valence-corrected chi connectivity index (χ4v) is 3.25. The normalized spacial score (nSPS) is 10.3. The van der Waals surface area contributed by atoms with Gasteiger partial charge in [-0.05, 0) is 46.3 Å². The molecule has 0 saturated carbocycles. The van der Waals surface area contributed by atoms with E-state index in [0.717, 1.165) is 21.8 Å². The van der Waals surface area contributed by atoms with Crippen molar-refractivity contribution >= 4 is 29.1 Å². The summed E-state index contributed by atoms with van der Waals surface area (Å²) < 4.78 is 5.38. The van der Waals surface area contributed by atoms with Crippen LogP contribution in [0.25, 0.3) is 0 Å². The first-order chi connectivity index (χ1) is 10.6. The minimum absolute atomic E-state index is 0.0842. The van der Waals surface area contributed by atoms with Gasteiger partial charge in [-0.2, -0.15) is 11.3 Å². The molecule has 1 aromatic carbocycles. The van der Waals surface area contributed by atoms with Gasteiger partial charge in [0.1, 0.15) is 5.75 Å². The molecule has 0 fully saturated rings. The highest BCUT2D eigenvalue weighted by Gasteiger charge is 2.10. The van der Waals surface area contributed by atoms with Crippen LogP contribution < -0.4 is 10.1 Å². The lowest BCUT2D eigenvalue weighted by Gasteiger charge is -2.18. The molecule has 1 heterocycles. The van der Waals surface area contributed by atoms with E-state index in [9.17, 15) is 4.79 Å². The number of rotatable bonds is 6. The van der Waals surface area contributed by atoms with E-state index >= 15 is 0 Å². The van der Waals surface area contributed by atoms with Gasteiger partial charge in [-0.3, -0.25) is 0 Å². The van der Waals surface area contributed by atoms with Gasteiger partial charge in [0, 0.05) is 25.0 Å². The van der Waals surface area contributed by atoms with Crippen LogP contribution >= 0.6 is 23.1 Å². The summed E-state index contributed by atoms with van der Waals surface area (Å²) in [5, 5.41) is 6.95. The number of carbonyl (C=O) groups excluding carboxylic acids is 1. The summed E-state index contributed by atoms with van der Waals surface area (Å²) in [5.74, 6) is 0.845. The number of thioether (sulfide) groups is 1. The van der Waals surface area contributed by atoms with Crippen molar-refractivity contribution in [1.29, 1.82) is 0 Å². The maximum atomic E-state index is 12.1. The van der Waals surface area contributed by atoms with Gasteiger partial charge in [0.15, 0.2) is 0 Å². The molecule has 0 bridgehead atoms. The van der Waals surface area contributed by atoms with Crippen molar-refractivity contribution in [1.82, 2.24) is 10.2 Å². The van der Waals surface area contributed by atoms with E-state index in [1.165, 1.54) is 0 Å². The number of thiophene rings is 1. The lowest BCUT2D eigenvalue weighted by molar-refractivity contribution is 0.206. The number of hydrogen-bond donors (Lipinski definition) is 1. The second-order valence-electron chi connectivity index (χ2n) is 4.84. The molecule has 0 saturated heterocycles. The lowest BCUT2D eigenvalue weighted by Crippen LogP contribution is -2.36. The van der Waals surface area contributed by atoms with Gasteiger partial charge >= 0.3 is 6.03 Å². The number of hydrogen-bond acceptors (Lipinski definition) is 4. The third kappa shape index (κ3) is 4.42. The second kappa shape index (κ2) is 8.10. The standard InChI is InChI=1S/C16H20N2O2S2/c1-18(16(19)17-9-13-6-7-22-11-13)10-12-4-5-15(21-3)14(8-12)20-2/h4-8,11H,9-10H2,1-3H3,(H,17,19). The van der Waals surface area contributed by atoms with Gasteiger partial charge in [0.2, 0.25) is 0 Å². The summed E-state index contributed by atoms with van der Waals surface area (Å²) in [7, 11) is 3.45. The highest BCUT2D eigenvalue weighted by atomic mass is 32.2. The highest BCUT2D eigenvalue weighted by molar-refractivity contribution is 7.98. The predicted molar refractivity (Wildman–Crippen MR) is 92.8 cm³/mol. The molecule has 1 aromatic heterocycles. The van der Waals surface area contributed by atoms with Crippen LogP contribution in [0.15, 0.2) is 39.9 Å². The van der Waals surface area contributed by atoms with Crippen molar-refractivity contribution in [3.63, 3.8) is 0 Å². The third-order valence-corrected chi connectivity index (χ3v) is 4.75. The van der Waals surface area contributed by atoms with Gasteiger partial charge in [-0.15, -0.1) is 11.8 Å². The number of methoxy groups -OCH3 is 1. The SMILES string of the molecule is COc1cc(CN(C)C(=O)NCc2ccsc2)ccc1SC. The Hall–Kier alpha value is -1.66. The monoisotopic (exact) mass is 336 g/mol. The van der Waals surface area contributed by atoms with Gasteiger partial charge in [-0.25, -0.2) is 4.79 Å². The Bertz CT molecular complexity index is 615. The largest absolute Gasteiger partial charge is 0.496 e. The first kappa shape index (κ1) is 16.7. The summed E-state index contributed by atoms with van der Waals surface area (Å²) in [5.41, 5.74) is 2.17. The summed E-state index contributed by atoms with van der Waals surface area (Å²) in [6.07, 6.45) is 2.02. The van der Waals surface area contributed by atoms with Gasteiger partial charge in [0.25, 0.3) is 0 Å². The van der Waals surface area contributed by atoms with Crippen LogP contribution in [0.3, 0.4) is 0 Å². The Labute approximate surface area is 139 Å². The number of nitrogens with zero attached hydrogens (tertiary/aromatic N) is 1. The molecule has 2 aromatic rings. The minimum atomic E-state index is -0.0842. The zero-order chi connectivity index (χ0) is 15.9. The van der Waals surface area contributed by atoms with Crippen LogP contribution in [0.2, 0.25) is 0 Å². The number of benzene rings is 1. The van der Waals surface area contributed by atoms with E-state index in [-0.39, 0.29) is 6.03 Å². The lowest BCUT2D eigenvalue weighted by atomic mass is 10.2. The molecule has 2 rings (SSSR count). The summed E-state index contributed by atoms with van der Waals surface area (Å²) in [6, 6.07) is 7.96. The molecule has 0 spiro atoms. The Morgan fingerprint density at radius 3 is 2.82 bits per heavy atom. The van der Waals surface area contributed by atoms with Crippen molar-refractivity contribution in [3.8, 4) is 5.75 Å². The topological polar surface area (TPSA) is 41.6 Å². The quantitative estimate of drug-likeness (QED) is 0.815. The van der Waals surface area contributed by atoms with E-state index in [0.29, 0.717) is 13.1 Å². The van der Waals surface area contributed by atoms with Crippen molar-refractivity contribution in [2.24, 2.45) is 0 Å². The van der Waals surface area contributed by atoms with Gasteiger partial charge in [0.05, 0.1) is 7.11 Å². The average Bonchev–Trinajstić information content (AvgIpc) is 3.05. The first-order valence-corrected chi connectivity index (χ1v) is 9.01. The van der Waals surface area contributed by atoms with Gasteiger partial charge in [-0.1, -0.05) is 6.07 Å². The molecule has 22 heavy (non-hydrogen) atoms. The van der Waals surface area contributed by atoms with Crippen molar-refractivity contribution in [2.45, 2.75) is 18.0 Å². The van der Waals surface area contributed by atoms with E-state index in [2.05, 4.69) is 5.32 Å².